The predicted molar refractivity (Wildman–Crippen MR) is 106 cm³/mol. The van der Waals surface area contributed by atoms with E-state index in [1.54, 1.807) is 11.3 Å². The maximum atomic E-state index is 12.7. The average molecular weight is 369 g/mol. The lowest BCUT2D eigenvalue weighted by molar-refractivity contribution is 0.0998. The first-order valence-electron chi connectivity index (χ1n) is 9.11. The van der Waals surface area contributed by atoms with Crippen molar-refractivity contribution in [2.24, 2.45) is 11.3 Å². The number of hydrogen-bond acceptors (Lipinski definition) is 4. The van der Waals surface area contributed by atoms with Crippen LogP contribution in [0.3, 0.4) is 0 Å². The van der Waals surface area contributed by atoms with Gasteiger partial charge >= 0.3 is 0 Å². The minimum absolute atomic E-state index is 0.225. The first-order valence-corrected chi connectivity index (χ1v) is 9.92. The summed E-state index contributed by atoms with van der Waals surface area (Å²) in [7, 11) is 0. The van der Waals surface area contributed by atoms with Gasteiger partial charge in [-0.25, -0.2) is 4.98 Å². The van der Waals surface area contributed by atoms with Crippen LogP contribution >= 0.6 is 11.3 Å². The van der Waals surface area contributed by atoms with E-state index < -0.39 is 0 Å². The Kier molecular flexibility index (Phi) is 4.14. The van der Waals surface area contributed by atoms with Gasteiger partial charge in [-0.05, 0) is 43.6 Å². The maximum Gasteiger partial charge on any atom is 0.293 e. The fourth-order valence-electron chi connectivity index (χ4n) is 3.71. The lowest BCUT2D eigenvalue weighted by Gasteiger charge is -2.33. The lowest BCUT2D eigenvalue weighted by atomic mass is 9.73. The summed E-state index contributed by atoms with van der Waals surface area (Å²) in [6, 6.07) is 7.72. The highest BCUT2D eigenvalue weighted by Crippen LogP contribution is 2.40. The molecule has 1 amide bonds. The van der Waals surface area contributed by atoms with Crippen molar-refractivity contribution in [2.45, 2.75) is 47.0 Å². The molecule has 2 heterocycles. The van der Waals surface area contributed by atoms with Gasteiger partial charge in [-0.15, -0.1) is 11.3 Å². The standard InChI is InChI=1S/C21H24N2O2S/c1-12-14-7-5-6-8-16(14)25-18(12)19(24)23-20-22-15-10-9-13(21(2,3)4)11-17(15)26-20/h5-8,13H,9-11H2,1-4H3,(H,22,23,24). The second kappa shape index (κ2) is 6.23. The molecule has 1 atom stereocenters. The molecule has 26 heavy (non-hydrogen) atoms. The largest absolute Gasteiger partial charge is 0.451 e. The van der Waals surface area contributed by atoms with Crippen molar-refractivity contribution in [1.82, 2.24) is 4.98 Å². The van der Waals surface area contributed by atoms with Crippen LogP contribution < -0.4 is 5.32 Å². The number of hydrogen-bond donors (Lipinski definition) is 1. The Morgan fingerprint density at radius 3 is 2.81 bits per heavy atom. The zero-order valence-corrected chi connectivity index (χ0v) is 16.5. The number of benzene rings is 1. The number of anilines is 1. The van der Waals surface area contributed by atoms with E-state index in [-0.39, 0.29) is 5.91 Å². The molecule has 1 N–H and O–H groups in total. The van der Waals surface area contributed by atoms with Crippen LogP contribution in [0.25, 0.3) is 11.0 Å². The molecule has 0 bridgehead atoms. The van der Waals surface area contributed by atoms with Gasteiger partial charge in [-0.3, -0.25) is 10.1 Å². The van der Waals surface area contributed by atoms with Crippen LogP contribution in [0.5, 0.6) is 0 Å². The molecule has 4 nitrogen and oxygen atoms in total. The predicted octanol–water partition coefficient (Wildman–Crippen LogP) is 5.60. The van der Waals surface area contributed by atoms with E-state index in [1.807, 2.05) is 31.2 Å². The number of para-hydroxylation sites is 1. The van der Waals surface area contributed by atoms with Gasteiger partial charge < -0.3 is 4.42 Å². The van der Waals surface area contributed by atoms with Crippen LogP contribution in [0.2, 0.25) is 0 Å². The zero-order valence-electron chi connectivity index (χ0n) is 15.7. The number of thiazole rings is 1. The number of amides is 1. The van der Waals surface area contributed by atoms with Crippen molar-refractivity contribution in [2.75, 3.05) is 5.32 Å². The van der Waals surface area contributed by atoms with E-state index in [1.165, 1.54) is 4.88 Å². The van der Waals surface area contributed by atoms with Crippen LogP contribution in [0.15, 0.2) is 28.7 Å². The molecular formula is C21H24N2O2S. The SMILES string of the molecule is Cc1c(C(=O)Nc2nc3c(s2)CC(C(C)(C)C)CC3)oc2ccccc12. The number of aromatic nitrogens is 1. The van der Waals surface area contributed by atoms with Crippen molar-refractivity contribution < 1.29 is 9.21 Å². The van der Waals surface area contributed by atoms with Gasteiger partial charge in [0.15, 0.2) is 10.9 Å². The van der Waals surface area contributed by atoms with Crippen molar-refractivity contribution >= 4 is 33.3 Å². The van der Waals surface area contributed by atoms with E-state index in [4.69, 9.17) is 4.42 Å². The molecule has 3 aromatic rings. The van der Waals surface area contributed by atoms with Crippen LogP contribution in [0.4, 0.5) is 5.13 Å². The highest BCUT2D eigenvalue weighted by atomic mass is 32.1. The summed E-state index contributed by atoms with van der Waals surface area (Å²) < 4.78 is 5.76. The highest BCUT2D eigenvalue weighted by Gasteiger charge is 2.31. The molecule has 1 aliphatic rings. The highest BCUT2D eigenvalue weighted by molar-refractivity contribution is 7.15. The molecule has 1 aliphatic carbocycles. The molecule has 0 aliphatic heterocycles. The third-order valence-corrected chi connectivity index (χ3v) is 6.47. The van der Waals surface area contributed by atoms with Crippen LogP contribution in [0, 0.1) is 18.3 Å². The summed E-state index contributed by atoms with van der Waals surface area (Å²) >= 11 is 1.61. The molecule has 2 aromatic heterocycles. The molecule has 0 saturated heterocycles. The number of carbonyl (C=O) groups excluding carboxylic acids is 1. The Bertz CT molecular complexity index is 978. The number of furan rings is 1. The molecule has 0 spiro atoms. The topological polar surface area (TPSA) is 55.1 Å². The molecule has 4 rings (SSSR count). The van der Waals surface area contributed by atoms with Crippen molar-refractivity contribution in [3.8, 4) is 0 Å². The Morgan fingerprint density at radius 1 is 1.31 bits per heavy atom. The third kappa shape index (κ3) is 3.05. The molecule has 136 valence electrons. The molecule has 1 aromatic carbocycles. The molecule has 0 saturated carbocycles. The fourth-order valence-corrected chi connectivity index (χ4v) is 4.80. The van der Waals surface area contributed by atoms with Gasteiger partial charge in [-0.1, -0.05) is 39.0 Å². The normalized spacial score (nSPS) is 17.3. The Labute approximate surface area is 157 Å². The molecule has 0 fully saturated rings. The number of nitrogens with one attached hydrogen (secondary N) is 1. The summed E-state index contributed by atoms with van der Waals surface area (Å²) in [5.74, 6) is 0.806. The van der Waals surface area contributed by atoms with Gasteiger partial charge in [0.25, 0.3) is 5.91 Å². The average Bonchev–Trinajstić information content (AvgIpc) is 3.14. The number of aryl methyl sites for hydroxylation is 2. The van der Waals surface area contributed by atoms with Crippen LogP contribution in [0.1, 0.15) is 53.9 Å². The van der Waals surface area contributed by atoms with Gasteiger partial charge in [0.05, 0.1) is 5.69 Å². The monoisotopic (exact) mass is 368 g/mol. The molecule has 5 heteroatoms. The lowest BCUT2D eigenvalue weighted by Crippen LogP contribution is -2.26. The molecular weight excluding hydrogens is 344 g/mol. The van der Waals surface area contributed by atoms with Gasteiger partial charge in [0.2, 0.25) is 0 Å². The summed E-state index contributed by atoms with van der Waals surface area (Å²) in [5.41, 5.74) is 3.05. The second-order valence-electron chi connectivity index (χ2n) is 8.20. The van der Waals surface area contributed by atoms with E-state index >= 15 is 0 Å². The number of carbonyl (C=O) groups is 1. The van der Waals surface area contributed by atoms with E-state index in [9.17, 15) is 4.79 Å². The van der Waals surface area contributed by atoms with Gasteiger partial charge in [0, 0.05) is 15.8 Å². The second-order valence-corrected chi connectivity index (χ2v) is 9.28. The van der Waals surface area contributed by atoms with Gasteiger partial charge in [-0.2, -0.15) is 0 Å². The maximum absolute atomic E-state index is 12.7. The first-order chi connectivity index (χ1) is 12.3. The zero-order chi connectivity index (χ0) is 18.5. The number of nitrogens with zero attached hydrogens (tertiary/aromatic N) is 1. The van der Waals surface area contributed by atoms with Crippen LogP contribution in [-0.4, -0.2) is 10.9 Å². The Hall–Kier alpha value is -2.14. The Balaban J connectivity index is 1.56. The van der Waals surface area contributed by atoms with Crippen molar-refractivity contribution in [3.63, 3.8) is 0 Å². The van der Waals surface area contributed by atoms with Crippen LogP contribution in [-0.2, 0) is 12.8 Å². The van der Waals surface area contributed by atoms with Gasteiger partial charge in [0.1, 0.15) is 5.58 Å². The fraction of sp³-hybridized carbons (Fsp3) is 0.429. The molecule has 1 unspecified atom stereocenters. The van der Waals surface area contributed by atoms with Crippen molar-refractivity contribution in [3.05, 3.63) is 46.2 Å². The molecule has 0 radical (unpaired) electrons. The minimum atomic E-state index is -0.225. The Morgan fingerprint density at radius 2 is 2.08 bits per heavy atom. The first kappa shape index (κ1) is 17.3. The summed E-state index contributed by atoms with van der Waals surface area (Å²) in [4.78, 5) is 18.7. The van der Waals surface area contributed by atoms with E-state index in [0.29, 0.717) is 22.2 Å². The summed E-state index contributed by atoms with van der Waals surface area (Å²) in [6.45, 7) is 8.83. The minimum Gasteiger partial charge on any atom is -0.451 e. The summed E-state index contributed by atoms with van der Waals surface area (Å²) in [6.07, 6.45) is 3.21. The third-order valence-electron chi connectivity index (χ3n) is 5.43. The summed E-state index contributed by atoms with van der Waals surface area (Å²) in [5, 5.41) is 4.60. The number of fused-ring (bicyclic) bond motifs is 2. The smallest absolute Gasteiger partial charge is 0.293 e. The van der Waals surface area contributed by atoms with E-state index in [2.05, 4.69) is 31.1 Å². The number of rotatable bonds is 2. The van der Waals surface area contributed by atoms with Crippen molar-refractivity contribution in [1.29, 1.82) is 0 Å². The quantitative estimate of drug-likeness (QED) is 0.640. The van der Waals surface area contributed by atoms with E-state index in [0.717, 1.165) is 41.5 Å².